The predicted molar refractivity (Wildman–Crippen MR) is 76.4 cm³/mol. The minimum atomic E-state index is -0.402. The number of hydrogen-bond donors (Lipinski definition) is 2. The van der Waals surface area contributed by atoms with E-state index >= 15 is 0 Å². The molecule has 5 heteroatoms. The van der Waals surface area contributed by atoms with E-state index in [1.54, 1.807) is 0 Å². The zero-order chi connectivity index (χ0) is 15.4. The van der Waals surface area contributed by atoms with Gasteiger partial charge in [0.25, 0.3) is 0 Å². The van der Waals surface area contributed by atoms with Gasteiger partial charge in [-0.2, -0.15) is 0 Å². The van der Waals surface area contributed by atoms with E-state index in [2.05, 4.69) is 6.92 Å². The van der Waals surface area contributed by atoms with Crippen LogP contribution in [0.15, 0.2) is 0 Å². The van der Waals surface area contributed by atoms with Gasteiger partial charge in [-0.05, 0) is 0 Å². The molecule has 1 fully saturated rings. The topological polar surface area (TPSA) is 68.2 Å². The molecule has 1 aliphatic rings. The Morgan fingerprint density at radius 3 is 2.10 bits per heavy atom. The molecule has 0 aromatic carbocycles. The van der Waals surface area contributed by atoms with Crippen molar-refractivity contribution in [3.05, 3.63) is 0 Å². The molecular weight excluding hydrogens is 260 g/mol. The van der Waals surface area contributed by atoms with Crippen LogP contribution in [0, 0.1) is 16.2 Å². The molecule has 0 radical (unpaired) electrons. The van der Waals surface area contributed by atoms with Crippen LogP contribution in [0.4, 0.5) is 0 Å². The summed E-state index contributed by atoms with van der Waals surface area (Å²) < 4.78 is 17.2. The lowest BCUT2D eigenvalue weighted by Crippen LogP contribution is -2.49. The summed E-state index contributed by atoms with van der Waals surface area (Å²) in [5.74, 6) is 0. The van der Waals surface area contributed by atoms with Crippen molar-refractivity contribution >= 4 is 0 Å². The molecule has 1 aliphatic heterocycles. The summed E-state index contributed by atoms with van der Waals surface area (Å²) in [5, 5.41) is 18.5. The summed E-state index contributed by atoms with van der Waals surface area (Å²) in [6.45, 7) is 12.1. The van der Waals surface area contributed by atoms with Crippen LogP contribution in [-0.4, -0.2) is 56.1 Å². The van der Waals surface area contributed by atoms with Gasteiger partial charge >= 0.3 is 0 Å². The van der Waals surface area contributed by atoms with Gasteiger partial charge in [-0.3, -0.25) is 0 Å². The Kier molecular flexibility index (Phi) is 5.99. The van der Waals surface area contributed by atoms with Crippen LogP contribution >= 0.6 is 0 Å². The van der Waals surface area contributed by atoms with E-state index in [1.807, 2.05) is 27.7 Å². The molecule has 1 saturated heterocycles. The first kappa shape index (κ1) is 17.9. The average molecular weight is 290 g/mol. The summed E-state index contributed by atoms with van der Waals surface area (Å²) in [7, 11) is 0. The van der Waals surface area contributed by atoms with Crippen LogP contribution in [-0.2, 0) is 14.2 Å². The molecule has 0 aromatic rings. The van der Waals surface area contributed by atoms with Crippen molar-refractivity contribution in [2.75, 3.05) is 39.6 Å². The Hall–Kier alpha value is -0.200. The summed E-state index contributed by atoms with van der Waals surface area (Å²) in [6, 6.07) is 0. The summed E-state index contributed by atoms with van der Waals surface area (Å²) in [5.41, 5.74) is -0.817. The molecule has 1 rings (SSSR count). The molecule has 5 nitrogen and oxygen atoms in total. The summed E-state index contributed by atoms with van der Waals surface area (Å²) in [4.78, 5) is 0. The van der Waals surface area contributed by atoms with Gasteiger partial charge in [-0.15, -0.1) is 0 Å². The van der Waals surface area contributed by atoms with Crippen molar-refractivity contribution in [2.45, 2.75) is 40.9 Å². The van der Waals surface area contributed by atoms with Gasteiger partial charge in [0, 0.05) is 16.2 Å². The van der Waals surface area contributed by atoms with Crippen LogP contribution in [0.1, 0.15) is 34.6 Å². The minimum absolute atomic E-state index is 0.0234. The van der Waals surface area contributed by atoms with Crippen LogP contribution in [0.2, 0.25) is 0 Å². The fourth-order valence-electron chi connectivity index (χ4n) is 1.87. The normalized spacial score (nSPS) is 28.6. The summed E-state index contributed by atoms with van der Waals surface area (Å²) >= 11 is 0. The molecule has 0 spiro atoms. The maximum atomic E-state index is 9.33. The summed E-state index contributed by atoms with van der Waals surface area (Å²) in [6.07, 6.45) is -0.380. The molecule has 120 valence electrons. The Balaban J connectivity index is 2.39. The van der Waals surface area contributed by atoms with Gasteiger partial charge in [0.15, 0.2) is 6.29 Å². The Bertz CT molecular complexity index is 287. The molecule has 2 N–H and O–H groups in total. The fourth-order valence-corrected chi connectivity index (χ4v) is 1.87. The Morgan fingerprint density at radius 2 is 1.65 bits per heavy atom. The van der Waals surface area contributed by atoms with Crippen LogP contribution in [0.5, 0.6) is 0 Å². The minimum Gasteiger partial charge on any atom is -0.396 e. The third-order valence-electron chi connectivity index (χ3n) is 3.58. The van der Waals surface area contributed by atoms with Crippen molar-refractivity contribution < 1.29 is 24.4 Å². The van der Waals surface area contributed by atoms with Gasteiger partial charge < -0.3 is 24.4 Å². The zero-order valence-electron chi connectivity index (χ0n) is 13.4. The maximum Gasteiger partial charge on any atom is 0.164 e. The van der Waals surface area contributed by atoms with Crippen LogP contribution in [0.25, 0.3) is 0 Å². The van der Waals surface area contributed by atoms with Crippen molar-refractivity contribution in [1.82, 2.24) is 0 Å². The molecule has 20 heavy (non-hydrogen) atoms. The molecule has 0 atom stereocenters. The number of hydrogen-bond acceptors (Lipinski definition) is 5. The number of ether oxygens (including phenoxy) is 3. The molecule has 0 bridgehead atoms. The van der Waals surface area contributed by atoms with E-state index < -0.39 is 5.41 Å². The first-order valence-electron chi connectivity index (χ1n) is 7.17. The van der Waals surface area contributed by atoms with Crippen LogP contribution in [0.3, 0.4) is 0 Å². The molecular formula is C15H30O5. The average Bonchev–Trinajstić information content (AvgIpc) is 2.39. The predicted octanol–water partition coefficient (Wildman–Crippen LogP) is 1.42. The van der Waals surface area contributed by atoms with E-state index in [-0.39, 0.29) is 30.3 Å². The first-order chi connectivity index (χ1) is 9.14. The highest BCUT2D eigenvalue weighted by Gasteiger charge is 2.40. The van der Waals surface area contributed by atoms with Gasteiger partial charge in [0.05, 0.1) is 39.6 Å². The smallest absolute Gasteiger partial charge is 0.164 e. The largest absolute Gasteiger partial charge is 0.396 e. The first-order valence-corrected chi connectivity index (χ1v) is 7.17. The lowest BCUT2D eigenvalue weighted by molar-refractivity contribution is -0.277. The Labute approximate surface area is 122 Å². The monoisotopic (exact) mass is 290 g/mol. The second-order valence-corrected chi connectivity index (χ2v) is 7.73. The van der Waals surface area contributed by atoms with E-state index in [0.29, 0.717) is 26.4 Å². The highest BCUT2D eigenvalue weighted by Crippen LogP contribution is 2.32. The van der Waals surface area contributed by atoms with E-state index in [9.17, 15) is 10.2 Å². The highest BCUT2D eigenvalue weighted by atomic mass is 16.7. The fraction of sp³-hybridized carbons (Fsp3) is 1.00. The van der Waals surface area contributed by atoms with Crippen molar-refractivity contribution in [3.8, 4) is 0 Å². The molecule has 0 amide bonds. The molecule has 0 aliphatic carbocycles. The lowest BCUT2D eigenvalue weighted by atomic mass is 9.89. The number of rotatable bonds is 7. The van der Waals surface area contributed by atoms with E-state index in [1.165, 1.54) is 0 Å². The molecule has 0 aromatic heterocycles. The van der Waals surface area contributed by atoms with Crippen molar-refractivity contribution in [2.24, 2.45) is 16.2 Å². The van der Waals surface area contributed by atoms with Crippen molar-refractivity contribution in [1.29, 1.82) is 0 Å². The Morgan fingerprint density at radius 1 is 1.10 bits per heavy atom. The second kappa shape index (κ2) is 6.71. The molecule has 0 unspecified atom stereocenters. The van der Waals surface area contributed by atoms with Gasteiger partial charge in [-0.25, -0.2) is 0 Å². The quantitative estimate of drug-likeness (QED) is 0.742. The number of aliphatic hydroxyl groups is 2. The van der Waals surface area contributed by atoms with Crippen LogP contribution < -0.4 is 0 Å². The molecule has 0 saturated carbocycles. The van der Waals surface area contributed by atoms with Gasteiger partial charge in [0.1, 0.15) is 0 Å². The second-order valence-electron chi connectivity index (χ2n) is 7.73. The lowest BCUT2D eigenvalue weighted by Gasteiger charge is -2.42. The standard InChI is InChI=1S/C15H30O5/c1-13(2,6-16)8-18-9-15(5)10-19-12(20-11-15)14(3,4)7-17/h12,16-17H,6-11H2,1-5H3. The third-order valence-corrected chi connectivity index (χ3v) is 3.58. The van der Waals surface area contributed by atoms with E-state index in [4.69, 9.17) is 14.2 Å². The van der Waals surface area contributed by atoms with E-state index in [0.717, 1.165) is 0 Å². The maximum absolute atomic E-state index is 9.33. The SMILES string of the molecule is CC(C)(CO)COCC1(C)COC(C(C)(C)CO)OC1. The molecule has 1 heterocycles. The third kappa shape index (κ3) is 4.97. The van der Waals surface area contributed by atoms with Crippen molar-refractivity contribution in [3.63, 3.8) is 0 Å². The van der Waals surface area contributed by atoms with Gasteiger partial charge in [0.2, 0.25) is 0 Å². The zero-order valence-corrected chi connectivity index (χ0v) is 13.4. The highest BCUT2D eigenvalue weighted by molar-refractivity contribution is 4.82. The van der Waals surface area contributed by atoms with Gasteiger partial charge in [-0.1, -0.05) is 34.6 Å². The number of aliphatic hydroxyl groups excluding tert-OH is 2.